The average molecular weight is 392 g/mol. The van der Waals surface area contributed by atoms with Gasteiger partial charge in [-0.25, -0.2) is 0 Å². The van der Waals surface area contributed by atoms with Crippen molar-refractivity contribution in [3.8, 4) is 0 Å². The van der Waals surface area contributed by atoms with Crippen molar-refractivity contribution in [3.05, 3.63) is 37.2 Å². The van der Waals surface area contributed by atoms with Gasteiger partial charge in [-0.2, -0.15) is 5.10 Å². The van der Waals surface area contributed by atoms with Crippen LogP contribution in [-0.4, -0.2) is 37.4 Å². The number of carbonyl (C=O) groups is 1. The second kappa shape index (κ2) is 6.88. The van der Waals surface area contributed by atoms with Crippen molar-refractivity contribution in [1.29, 1.82) is 0 Å². The fraction of sp³-hybridized carbons (Fsp3) is 0.364. The number of hydrogen-bond acceptors (Lipinski definition) is 5. The largest absolute Gasteiger partial charge is 0.362 e. The molecule has 0 aliphatic rings. The zero-order valence-electron chi connectivity index (χ0n) is 11.5. The van der Waals surface area contributed by atoms with E-state index in [1.165, 1.54) is 0 Å². The van der Waals surface area contributed by atoms with Crippen LogP contribution in [0, 0.1) is 17.0 Å². The van der Waals surface area contributed by atoms with E-state index in [2.05, 4.69) is 36.5 Å². The predicted molar refractivity (Wildman–Crippen MR) is 81.9 cm³/mol. The Morgan fingerprint density at radius 2 is 2.36 bits per heavy atom. The zero-order chi connectivity index (χ0) is 16.3. The molecule has 0 aliphatic heterocycles. The molecule has 0 aliphatic carbocycles. The van der Waals surface area contributed by atoms with Crippen LogP contribution < -0.4 is 5.32 Å². The van der Waals surface area contributed by atoms with Crippen molar-refractivity contribution >= 4 is 39.3 Å². The van der Waals surface area contributed by atoms with Crippen LogP contribution >= 0.6 is 27.5 Å². The maximum atomic E-state index is 11.8. The maximum Gasteiger partial charge on any atom is 0.362 e. The van der Waals surface area contributed by atoms with Gasteiger partial charge in [-0.3, -0.25) is 9.48 Å². The predicted octanol–water partition coefficient (Wildman–Crippen LogP) is 2.06. The number of rotatable bonds is 6. The third-order valence-electron chi connectivity index (χ3n) is 2.82. The van der Waals surface area contributed by atoms with E-state index < -0.39 is 16.6 Å². The van der Waals surface area contributed by atoms with Crippen molar-refractivity contribution in [2.75, 3.05) is 6.54 Å². The first-order chi connectivity index (χ1) is 10.4. The molecular weight excluding hydrogens is 380 g/mol. The topological polar surface area (TPSA) is 119 Å². The summed E-state index contributed by atoms with van der Waals surface area (Å²) in [5.41, 5.74) is 0.700. The summed E-state index contributed by atoms with van der Waals surface area (Å²) in [5, 5.41) is 22.9. The summed E-state index contributed by atoms with van der Waals surface area (Å²) in [6.07, 6.45) is 2.49. The summed E-state index contributed by atoms with van der Waals surface area (Å²) >= 11 is 9.09. The number of aromatic amines is 1. The van der Waals surface area contributed by atoms with E-state index in [-0.39, 0.29) is 10.7 Å². The summed E-state index contributed by atoms with van der Waals surface area (Å²) in [6.45, 7) is 2.88. The number of nitrogens with one attached hydrogen (secondary N) is 2. The van der Waals surface area contributed by atoms with Gasteiger partial charge in [-0.15, -0.1) is 5.10 Å². The number of aryl methyl sites for hydroxylation is 2. The summed E-state index contributed by atoms with van der Waals surface area (Å²) in [5.74, 6) is -1.06. The van der Waals surface area contributed by atoms with Crippen molar-refractivity contribution in [3.63, 3.8) is 0 Å². The monoisotopic (exact) mass is 390 g/mol. The molecule has 0 atom stereocenters. The molecule has 0 spiro atoms. The SMILES string of the molecule is Cc1nn(CCCNC(=O)c2n[nH]c([N+](=O)[O-])c2Cl)cc1Br. The van der Waals surface area contributed by atoms with Crippen LogP contribution in [-0.2, 0) is 6.54 Å². The third kappa shape index (κ3) is 3.63. The lowest BCUT2D eigenvalue weighted by Gasteiger charge is -2.03. The van der Waals surface area contributed by atoms with Crippen LogP contribution in [0.25, 0.3) is 0 Å². The average Bonchev–Trinajstić information content (AvgIpc) is 2.98. The Morgan fingerprint density at radius 3 is 2.91 bits per heavy atom. The van der Waals surface area contributed by atoms with Gasteiger partial charge in [0, 0.05) is 19.3 Å². The van der Waals surface area contributed by atoms with Gasteiger partial charge in [-0.05, 0) is 34.2 Å². The molecule has 0 aromatic carbocycles. The molecule has 11 heteroatoms. The lowest BCUT2D eigenvalue weighted by molar-refractivity contribution is -0.389. The Kier molecular flexibility index (Phi) is 5.14. The smallest absolute Gasteiger partial charge is 0.358 e. The number of halogens is 2. The van der Waals surface area contributed by atoms with Crippen molar-refractivity contribution in [1.82, 2.24) is 25.3 Å². The molecule has 2 aromatic heterocycles. The molecule has 0 saturated heterocycles. The number of hydrogen-bond donors (Lipinski definition) is 2. The van der Waals surface area contributed by atoms with Crippen LogP contribution in [0.4, 0.5) is 5.82 Å². The highest BCUT2D eigenvalue weighted by Gasteiger charge is 2.24. The van der Waals surface area contributed by atoms with Gasteiger partial charge in [0.05, 0.1) is 10.2 Å². The molecule has 1 amide bonds. The third-order valence-corrected chi connectivity index (χ3v) is 3.96. The summed E-state index contributed by atoms with van der Waals surface area (Å²) < 4.78 is 2.69. The number of nitro groups is 1. The van der Waals surface area contributed by atoms with Crippen LogP contribution in [0.3, 0.4) is 0 Å². The number of amides is 1. The van der Waals surface area contributed by atoms with Crippen molar-refractivity contribution in [2.45, 2.75) is 19.9 Å². The Labute approximate surface area is 138 Å². The standard InChI is InChI=1S/C11H12BrClN6O3/c1-6-7(12)5-18(17-6)4-2-3-14-11(20)9-8(13)10(16-15-9)19(21)22/h5H,2-4H2,1H3,(H,14,20)(H,15,16). The molecule has 2 rings (SSSR count). The first-order valence-corrected chi connectivity index (χ1v) is 7.43. The van der Waals surface area contributed by atoms with Crippen molar-refractivity contribution in [2.24, 2.45) is 0 Å². The van der Waals surface area contributed by atoms with Crippen LogP contribution in [0.1, 0.15) is 22.6 Å². The van der Waals surface area contributed by atoms with Gasteiger partial charge in [0.25, 0.3) is 5.91 Å². The molecule has 0 unspecified atom stereocenters. The minimum Gasteiger partial charge on any atom is -0.358 e. The molecule has 2 aromatic rings. The Hall–Kier alpha value is -1.94. The molecule has 9 nitrogen and oxygen atoms in total. The van der Waals surface area contributed by atoms with Gasteiger partial charge >= 0.3 is 5.82 Å². The fourth-order valence-corrected chi connectivity index (χ4v) is 2.28. The fourth-order valence-electron chi connectivity index (χ4n) is 1.73. The van der Waals surface area contributed by atoms with E-state index in [0.29, 0.717) is 19.5 Å². The first kappa shape index (κ1) is 16.4. The zero-order valence-corrected chi connectivity index (χ0v) is 13.8. The molecule has 0 saturated carbocycles. The molecular formula is C11H12BrClN6O3. The van der Waals surface area contributed by atoms with E-state index in [9.17, 15) is 14.9 Å². The summed E-state index contributed by atoms with van der Waals surface area (Å²) in [7, 11) is 0. The molecule has 2 N–H and O–H groups in total. The van der Waals surface area contributed by atoms with E-state index in [4.69, 9.17) is 11.6 Å². The van der Waals surface area contributed by atoms with Gasteiger partial charge in [0.2, 0.25) is 0 Å². The van der Waals surface area contributed by atoms with Gasteiger partial charge in [0.1, 0.15) is 0 Å². The van der Waals surface area contributed by atoms with Crippen LogP contribution in [0.15, 0.2) is 10.7 Å². The van der Waals surface area contributed by atoms with Gasteiger partial charge < -0.3 is 15.4 Å². The molecule has 0 radical (unpaired) electrons. The lowest BCUT2D eigenvalue weighted by Crippen LogP contribution is -2.26. The first-order valence-electron chi connectivity index (χ1n) is 6.26. The van der Waals surface area contributed by atoms with Crippen molar-refractivity contribution < 1.29 is 9.72 Å². The number of nitrogens with zero attached hydrogens (tertiary/aromatic N) is 4. The van der Waals surface area contributed by atoms with Crippen LogP contribution in [0.5, 0.6) is 0 Å². The second-order valence-electron chi connectivity index (χ2n) is 4.43. The highest BCUT2D eigenvalue weighted by atomic mass is 79.9. The normalized spacial score (nSPS) is 10.7. The summed E-state index contributed by atoms with van der Waals surface area (Å²) in [4.78, 5) is 21.7. The lowest BCUT2D eigenvalue weighted by atomic mass is 10.3. The minimum atomic E-state index is -0.732. The van der Waals surface area contributed by atoms with E-state index in [1.807, 2.05) is 13.1 Å². The van der Waals surface area contributed by atoms with E-state index >= 15 is 0 Å². The second-order valence-corrected chi connectivity index (χ2v) is 5.66. The highest BCUT2D eigenvalue weighted by Crippen LogP contribution is 2.24. The van der Waals surface area contributed by atoms with E-state index in [0.717, 1.165) is 10.2 Å². The quantitative estimate of drug-likeness (QED) is 0.444. The Morgan fingerprint density at radius 1 is 1.64 bits per heavy atom. The number of aromatic nitrogens is 4. The molecule has 0 fully saturated rings. The minimum absolute atomic E-state index is 0.189. The molecule has 2 heterocycles. The maximum absolute atomic E-state index is 11.8. The highest BCUT2D eigenvalue weighted by molar-refractivity contribution is 9.10. The van der Waals surface area contributed by atoms with Gasteiger partial charge in [-0.1, -0.05) is 16.7 Å². The molecule has 22 heavy (non-hydrogen) atoms. The number of carbonyl (C=O) groups excluding carboxylic acids is 1. The summed E-state index contributed by atoms with van der Waals surface area (Å²) in [6, 6.07) is 0. The number of H-pyrrole nitrogens is 1. The van der Waals surface area contributed by atoms with Crippen LogP contribution in [0.2, 0.25) is 5.02 Å². The Bertz CT molecular complexity index is 693. The molecule has 118 valence electrons. The van der Waals surface area contributed by atoms with Gasteiger partial charge in [0.15, 0.2) is 10.7 Å². The molecule has 0 bridgehead atoms. The Balaban J connectivity index is 1.84. The van der Waals surface area contributed by atoms with E-state index in [1.54, 1.807) is 4.68 Å².